The molecule has 0 spiro atoms. The van der Waals surface area contributed by atoms with Gasteiger partial charge in [0, 0.05) is 5.69 Å². The zero-order valence-corrected chi connectivity index (χ0v) is 17.7. The second kappa shape index (κ2) is 9.77. The molecule has 0 aliphatic heterocycles. The van der Waals surface area contributed by atoms with Crippen molar-refractivity contribution in [3.8, 4) is 0 Å². The maximum absolute atomic E-state index is 12.3. The standard InChI is InChI=1S/C22H23N5O3S/c1-17-12-14-20(15-13-17)31(28,29)30-26-21(23)25-22(24)27(19-10-6-3-7-11-19)16-18-8-4-2-5-9-18/h2-15H,16H2,1H3,(H4,23,24,25,26). The third-order valence-electron chi connectivity index (χ3n) is 4.30. The third-order valence-corrected chi connectivity index (χ3v) is 5.42. The van der Waals surface area contributed by atoms with Gasteiger partial charge in [-0.1, -0.05) is 66.2 Å². The molecule has 3 aromatic carbocycles. The summed E-state index contributed by atoms with van der Waals surface area (Å²) in [7, 11) is -4.12. The molecule has 0 aliphatic rings. The summed E-state index contributed by atoms with van der Waals surface area (Å²) in [5.74, 6) is -0.394. The fourth-order valence-corrected chi connectivity index (χ4v) is 3.44. The summed E-state index contributed by atoms with van der Waals surface area (Å²) in [5.41, 5.74) is 14.6. The van der Waals surface area contributed by atoms with Crippen LogP contribution in [-0.2, 0) is 20.9 Å². The lowest BCUT2D eigenvalue weighted by Gasteiger charge is -2.23. The van der Waals surface area contributed by atoms with Crippen LogP contribution in [0.5, 0.6) is 0 Å². The van der Waals surface area contributed by atoms with E-state index in [-0.39, 0.29) is 10.9 Å². The predicted octanol–water partition coefficient (Wildman–Crippen LogP) is 2.95. The molecule has 0 bridgehead atoms. The number of aryl methyl sites for hydroxylation is 1. The van der Waals surface area contributed by atoms with Crippen LogP contribution >= 0.6 is 0 Å². The van der Waals surface area contributed by atoms with E-state index in [1.165, 1.54) is 12.1 Å². The average molecular weight is 438 g/mol. The van der Waals surface area contributed by atoms with E-state index < -0.39 is 16.1 Å². The smallest absolute Gasteiger partial charge is 0.358 e. The molecule has 0 radical (unpaired) electrons. The molecule has 3 aromatic rings. The first-order valence-corrected chi connectivity index (χ1v) is 10.8. The minimum atomic E-state index is -4.12. The first-order valence-electron chi connectivity index (χ1n) is 9.39. The van der Waals surface area contributed by atoms with Crippen LogP contribution in [-0.4, -0.2) is 20.3 Å². The van der Waals surface area contributed by atoms with Gasteiger partial charge in [0.2, 0.25) is 5.96 Å². The first-order chi connectivity index (χ1) is 14.8. The Morgan fingerprint density at radius 2 is 1.48 bits per heavy atom. The second-order valence-corrected chi connectivity index (χ2v) is 8.20. The fourth-order valence-electron chi connectivity index (χ4n) is 2.71. The van der Waals surface area contributed by atoms with Crippen molar-refractivity contribution in [3.63, 3.8) is 0 Å². The number of para-hydroxylation sites is 1. The minimum absolute atomic E-state index is 0.0348. The van der Waals surface area contributed by atoms with Crippen molar-refractivity contribution in [2.75, 3.05) is 4.90 Å². The van der Waals surface area contributed by atoms with E-state index in [1.807, 2.05) is 67.6 Å². The van der Waals surface area contributed by atoms with Gasteiger partial charge in [0.25, 0.3) is 5.96 Å². The highest BCUT2D eigenvalue weighted by atomic mass is 32.2. The SMILES string of the molecule is Cc1ccc(S(=O)(=O)O/N=C(N)/N=C(\N)N(Cc2ccccc2)c2ccccc2)cc1. The van der Waals surface area contributed by atoms with Gasteiger partial charge in [0.05, 0.1) is 6.54 Å². The van der Waals surface area contributed by atoms with Gasteiger partial charge in [-0.05, 0) is 41.9 Å². The Morgan fingerprint density at radius 3 is 2.10 bits per heavy atom. The van der Waals surface area contributed by atoms with E-state index in [0.717, 1.165) is 16.8 Å². The maximum Gasteiger partial charge on any atom is 0.358 e. The van der Waals surface area contributed by atoms with Crippen molar-refractivity contribution < 1.29 is 12.7 Å². The molecule has 31 heavy (non-hydrogen) atoms. The Hall–Kier alpha value is -3.85. The number of benzene rings is 3. The number of hydrogen-bond acceptors (Lipinski definition) is 4. The van der Waals surface area contributed by atoms with Crippen molar-refractivity contribution in [2.24, 2.45) is 21.6 Å². The Bertz CT molecular complexity index is 1160. The van der Waals surface area contributed by atoms with E-state index in [2.05, 4.69) is 14.4 Å². The van der Waals surface area contributed by atoms with E-state index >= 15 is 0 Å². The van der Waals surface area contributed by atoms with Crippen LogP contribution in [0, 0.1) is 6.92 Å². The molecule has 9 heteroatoms. The van der Waals surface area contributed by atoms with E-state index in [0.29, 0.717) is 6.54 Å². The predicted molar refractivity (Wildman–Crippen MR) is 122 cm³/mol. The summed E-state index contributed by atoms with van der Waals surface area (Å²) in [6.45, 7) is 2.27. The highest BCUT2D eigenvalue weighted by molar-refractivity contribution is 7.86. The van der Waals surface area contributed by atoms with Crippen LogP contribution in [0.2, 0.25) is 0 Å². The molecular formula is C22H23N5O3S. The molecule has 0 saturated carbocycles. The second-order valence-electron chi connectivity index (χ2n) is 6.67. The lowest BCUT2D eigenvalue weighted by atomic mass is 10.2. The fraction of sp³-hybridized carbons (Fsp3) is 0.0909. The Balaban J connectivity index is 1.82. The van der Waals surface area contributed by atoms with Crippen molar-refractivity contribution >= 4 is 27.7 Å². The van der Waals surface area contributed by atoms with Gasteiger partial charge in [0.1, 0.15) is 4.90 Å². The molecule has 0 amide bonds. The molecule has 4 N–H and O–H groups in total. The number of nitrogens with two attached hydrogens (primary N) is 2. The summed E-state index contributed by atoms with van der Waals surface area (Å²) in [6.07, 6.45) is 0. The number of anilines is 1. The van der Waals surface area contributed by atoms with Crippen LogP contribution in [0.4, 0.5) is 5.69 Å². The number of nitrogens with zero attached hydrogens (tertiary/aromatic N) is 3. The van der Waals surface area contributed by atoms with Gasteiger partial charge in [-0.2, -0.15) is 13.4 Å². The quantitative estimate of drug-likeness (QED) is 0.347. The van der Waals surface area contributed by atoms with E-state index in [1.54, 1.807) is 17.0 Å². The number of aliphatic imine (C=N–C) groups is 1. The topological polar surface area (TPSA) is 123 Å². The Morgan fingerprint density at radius 1 is 0.903 bits per heavy atom. The lowest BCUT2D eigenvalue weighted by Crippen LogP contribution is -2.38. The van der Waals surface area contributed by atoms with Crippen LogP contribution in [0.3, 0.4) is 0 Å². The molecular weight excluding hydrogens is 414 g/mol. The number of oxime groups is 1. The van der Waals surface area contributed by atoms with Crippen molar-refractivity contribution in [1.29, 1.82) is 0 Å². The van der Waals surface area contributed by atoms with Gasteiger partial charge in [-0.25, -0.2) is 0 Å². The molecule has 0 unspecified atom stereocenters. The van der Waals surface area contributed by atoms with Crippen LogP contribution < -0.4 is 16.4 Å². The monoisotopic (exact) mass is 437 g/mol. The zero-order valence-electron chi connectivity index (χ0n) is 16.9. The third kappa shape index (κ3) is 6.06. The number of guanidine groups is 2. The van der Waals surface area contributed by atoms with Crippen molar-refractivity contribution in [2.45, 2.75) is 18.4 Å². The molecule has 3 rings (SSSR count). The van der Waals surface area contributed by atoms with Gasteiger partial charge in [0.15, 0.2) is 0 Å². The van der Waals surface area contributed by atoms with Crippen LogP contribution in [0.25, 0.3) is 0 Å². The molecule has 8 nitrogen and oxygen atoms in total. The maximum atomic E-state index is 12.3. The minimum Gasteiger partial charge on any atom is -0.369 e. The highest BCUT2D eigenvalue weighted by Crippen LogP contribution is 2.17. The summed E-state index contributed by atoms with van der Waals surface area (Å²) < 4.78 is 29.2. The summed E-state index contributed by atoms with van der Waals surface area (Å²) >= 11 is 0. The largest absolute Gasteiger partial charge is 0.369 e. The molecule has 160 valence electrons. The molecule has 0 saturated heterocycles. The number of hydrogen-bond donors (Lipinski definition) is 2. The van der Waals surface area contributed by atoms with Crippen LogP contribution in [0.1, 0.15) is 11.1 Å². The first kappa shape index (κ1) is 21.8. The summed E-state index contributed by atoms with van der Waals surface area (Å²) in [5, 5.41) is 3.43. The van der Waals surface area contributed by atoms with Crippen LogP contribution in [0.15, 0.2) is 100.0 Å². The van der Waals surface area contributed by atoms with Gasteiger partial charge >= 0.3 is 10.1 Å². The molecule has 0 heterocycles. The molecule has 0 fully saturated rings. The van der Waals surface area contributed by atoms with Gasteiger partial charge < -0.3 is 16.4 Å². The lowest BCUT2D eigenvalue weighted by molar-refractivity contribution is 0.337. The normalized spacial score (nSPS) is 12.4. The van der Waals surface area contributed by atoms with E-state index in [4.69, 9.17) is 11.5 Å². The zero-order chi connectivity index (χ0) is 22.3. The summed E-state index contributed by atoms with van der Waals surface area (Å²) in [4.78, 5) is 5.71. The Labute approximate surface area is 181 Å². The molecule has 0 aliphatic carbocycles. The average Bonchev–Trinajstić information content (AvgIpc) is 2.78. The van der Waals surface area contributed by atoms with Gasteiger partial charge in [-0.15, -0.1) is 0 Å². The van der Waals surface area contributed by atoms with Crippen molar-refractivity contribution in [1.82, 2.24) is 0 Å². The van der Waals surface area contributed by atoms with Gasteiger partial charge in [-0.3, -0.25) is 4.28 Å². The molecule has 0 atom stereocenters. The highest BCUT2D eigenvalue weighted by Gasteiger charge is 2.16. The Kier molecular flexibility index (Phi) is 6.88. The molecule has 0 aromatic heterocycles. The summed E-state index contributed by atoms with van der Waals surface area (Å²) in [6, 6.07) is 25.2. The number of rotatable bonds is 6. The van der Waals surface area contributed by atoms with Crippen molar-refractivity contribution in [3.05, 3.63) is 96.1 Å². The van der Waals surface area contributed by atoms with E-state index in [9.17, 15) is 8.42 Å².